The first-order valence-electron chi connectivity index (χ1n) is 6.60. The molecule has 0 aliphatic carbocycles. The molecular weight excluding hydrogens is 242 g/mol. The molecule has 0 spiro atoms. The van der Waals surface area contributed by atoms with E-state index in [0.717, 1.165) is 26.1 Å². The van der Waals surface area contributed by atoms with Gasteiger partial charge in [0.25, 0.3) is 0 Å². The lowest BCUT2D eigenvalue weighted by Crippen LogP contribution is -2.29. The zero-order valence-electron chi connectivity index (χ0n) is 11.3. The molecule has 3 N–H and O–H groups in total. The third kappa shape index (κ3) is 3.94. The van der Waals surface area contributed by atoms with Crippen molar-refractivity contribution in [2.45, 2.75) is 18.9 Å². The van der Waals surface area contributed by atoms with E-state index in [0.29, 0.717) is 17.9 Å². The molecule has 5 nitrogen and oxygen atoms in total. The molecule has 1 saturated heterocycles. The summed E-state index contributed by atoms with van der Waals surface area (Å²) in [5, 5.41) is 2.87. The van der Waals surface area contributed by atoms with Crippen molar-refractivity contribution in [3.63, 3.8) is 0 Å². The van der Waals surface area contributed by atoms with Gasteiger partial charge in [-0.1, -0.05) is 12.1 Å². The van der Waals surface area contributed by atoms with Crippen LogP contribution in [0.2, 0.25) is 0 Å². The van der Waals surface area contributed by atoms with E-state index >= 15 is 0 Å². The number of carbonyl (C=O) groups is 1. The van der Waals surface area contributed by atoms with Gasteiger partial charge in [-0.3, -0.25) is 4.79 Å². The van der Waals surface area contributed by atoms with Crippen LogP contribution in [0, 0.1) is 0 Å². The molecule has 19 heavy (non-hydrogen) atoms. The lowest BCUT2D eigenvalue weighted by atomic mass is 10.2. The molecule has 5 heteroatoms. The zero-order chi connectivity index (χ0) is 13.7. The molecule has 1 aromatic carbocycles. The van der Waals surface area contributed by atoms with E-state index in [1.54, 1.807) is 7.11 Å². The van der Waals surface area contributed by atoms with Crippen LogP contribution < -0.4 is 15.8 Å². The van der Waals surface area contributed by atoms with Crippen LogP contribution in [0.1, 0.15) is 12.8 Å². The van der Waals surface area contributed by atoms with E-state index < -0.39 is 0 Å². The second-order valence-corrected chi connectivity index (χ2v) is 4.85. The summed E-state index contributed by atoms with van der Waals surface area (Å²) in [7, 11) is 1.59. The number of anilines is 1. The third-order valence-corrected chi connectivity index (χ3v) is 3.34. The number of likely N-dealkylation sites (tertiary alicyclic amines) is 1. The van der Waals surface area contributed by atoms with E-state index in [1.807, 2.05) is 24.3 Å². The van der Waals surface area contributed by atoms with E-state index in [-0.39, 0.29) is 11.9 Å². The Morgan fingerprint density at radius 2 is 2.32 bits per heavy atom. The second-order valence-electron chi connectivity index (χ2n) is 4.85. The van der Waals surface area contributed by atoms with Gasteiger partial charge >= 0.3 is 0 Å². The van der Waals surface area contributed by atoms with Crippen LogP contribution in [0.3, 0.4) is 0 Å². The van der Waals surface area contributed by atoms with Crippen molar-refractivity contribution in [1.29, 1.82) is 0 Å². The summed E-state index contributed by atoms with van der Waals surface area (Å²) in [6.07, 6.45) is 1.50. The first-order valence-corrected chi connectivity index (χ1v) is 6.60. The predicted octanol–water partition coefficient (Wildman–Crippen LogP) is 1.06. The normalized spacial score (nSPS) is 19.4. The first kappa shape index (κ1) is 13.8. The van der Waals surface area contributed by atoms with Crippen LogP contribution in [-0.2, 0) is 4.79 Å². The van der Waals surface area contributed by atoms with Gasteiger partial charge in [0.2, 0.25) is 5.91 Å². The molecule has 0 aromatic heterocycles. The van der Waals surface area contributed by atoms with E-state index in [9.17, 15) is 4.79 Å². The minimum atomic E-state index is 0.00460. The summed E-state index contributed by atoms with van der Waals surface area (Å²) in [5.41, 5.74) is 6.55. The lowest BCUT2D eigenvalue weighted by Gasteiger charge is -2.15. The topological polar surface area (TPSA) is 67.6 Å². The molecule has 1 aromatic rings. The number of hydrogen-bond acceptors (Lipinski definition) is 4. The number of rotatable bonds is 5. The predicted molar refractivity (Wildman–Crippen MR) is 75.3 cm³/mol. The van der Waals surface area contributed by atoms with Gasteiger partial charge in [0.05, 0.1) is 12.8 Å². The van der Waals surface area contributed by atoms with Crippen LogP contribution >= 0.6 is 0 Å². The van der Waals surface area contributed by atoms with Crippen molar-refractivity contribution in [2.24, 2.45) is 5.73 Å². The average molecular weight is 263 g/mol. The Morgan fingerprint density at radius 1 is 1.53 bits per heavy atom. The van der Waals surface area contributed by atoms with Crippen molar-refractivity contribution in [3.8, 4) is 5.75 Å². The third-order valence-electron chi connectivity index (χ3n) is 3.34. The van der Waals surface area contributed by atoms with Crippen LogP contribution in [-0.4, -0.2) is 43.6 Å². The van der Waals surface area contributed by atoms with Gasteiger partial charge in [-0.25, -0.2) is 0 Å². The number of nitrogens with zero attached hydrogens (tertiary/aromatic N) is 1. The number of nitrogens with two attached hydrogens (primary N) is 1. The van der Waals surface area contributed by atoms with Gasteiger partial charge < -0.3 is 20.7 Å². The molecule has 1 amide bonds. The Bertz CT molecular complexity index is 436. The highest BCUT2D eigenvalue weighted by molar-refractivity contribution is 5.92. The standard InChI is InChI=1S/C14H21N3O2/c1-19-13-5-3-2-4-12(13)16-14(18)7-9-17-8-6-11(15)10-17/h2-5,11H,6-10,15H2,1H3,(H,16,18)/t11-/m0/s1. The highest BCUT2D eigenvalue weighted by Crippen LogP contribution is 2.23. The Kier molecular flexibility index (Phi) is 4.76. The number of methoxy groups -OCH3 is 1. The van der Waals surface area contributed by atoms with Crippen molar-refractivity contribution >= 4 is 11.6 Å². The minimum Gasteiger partial charge on any atom is -0.495 e. The monoisotopic (exact) mass is 263 g/mol. The fraction of sp³-hybridized carbons (Fsp3) is 0.500. The molecule has 0 saturated carbocycles. The lowest BCUT2D eigenvalue weighted by molar-refractivity contribution is -0.116. The molecule has 1 aliphatic heterocycles. The van der Waals surface area contributed by atoms with Crippen molar-refractivity contribution in [1.82, 2.24) is 4.90 Å². The van der Waals surface area contributed by atoms with Crippen LogP contribution in [0.25, 0.3) is 0 Å². The molecule has 1 heterocycles. The van der Waals surface area contributed by atoms with Crippen molar-refractivity contribution < 1.29 is 9.53 Å². The Morgan fingerprint density at radius 3 is 3.00 bits per heavy atom. The molecule has 0 unspecified atom stereocenters. The second kappa shape index (κ2) is 6.54. The fourth-order valence-electron chi connectivity index (χ4n) is 2.29. The Labute approximate surface area is 113 Å². The molecule has 104 valence electrons. The van der Waals surface area contributed by atoms with Gasteiger partial charge in [-0.05, 0) is 25.1 Å². The van der Waals surface area contributed by atoms with Crippen molar-refractivity contribution in [3.05, 3.63) is 24.3 Å². The van der Waals surface area contributed by atoms with Gasteiger partial charge in [-0.2, -0.15) is 0 Å². The highest BCUT2D eigenvalue weighted by atomic mass is 16.5. The summed E-state index contributed by atoms with van der Waals surface area (Å²) >= 11 is 0. The number of nitrogens with one attached hydrogen (secondary N) is 1. The quantitative estimate of drug-likeness (QED) is 0.833. The highest BCUT2D eigenvalue weighted by Gasteiger charge is 2.19. The summed E-state index contributed by atoms with van der Waals surface area (Å²) in [6, 6.07) is 7.67. The maximum absolute atomic E-state index is 11.9. The van der Waals surface area contributed by atoms with Crippen LogP contribution in [0.15, 0.2) is 24.3 Å². The Balaban J connectivity index is 1.81. The number of para-hydroxylation sites is 2. The SMILES string of the molecule is COc1ccccc1NC(=O)CCN1CC[C@H](N)C1. The van der Waals surface area contributed by atoms with E-state index in [4.69, 9.17) is 10.5 Å². The van der Waals surface area contributed by atoms with Crippen molar-refractivity contribution in [2.75, 3.05) is 32.1 Å². The molecule has 1 atom stereocenters. The van der Waals surface area contributed by atoms with Gasteiger partial charge in [-0.15, -0.1) is 0 Å². The molecule has 0 bridgehead atoms. The summed E-state index contributed by atoms with van der Waals surface area (Å²) in [6.45, 7) is 2.64. The first-order chi connectivity index (χ1) is 9.19. The summed E-state index contributed by atoms with van der Waals surface area (Å²) < 4.78 is 5.20. The van der Waals surface area contributed by atoms with Gasteiger partial charge in [0, 0.05) is 25.6 Å². The summed E-state index contributed by atoms with van der Waals surface area (Å²) in [4.78, 5) is 14.1. The van der Waals surface area contributed by atoms with Gasteiger partial charge in [0.1, 0.15) is 5.75 Å². The smallest absolute Gasteiger partial charge is 0.225 e. The number of carbonyl (C=O) groups excluding carboxylic acids is 1. The maximum atomic E-state index is 11.9. The number of amides is 1. The van der Waals surface area contributed by atoms with E-state index in [1.165, 1.54) is 0 Å². The van der Waals surface area contributed by atoms with Gasteiger partial charge in [0.15, 0.2) is 0 Å². The zero-order valence-corrected chi connectivity index (χ0v) is 11.3. The van der Waals surface area contributed by atoms with Crippen LogP contribution in [0.5, 0.6) is 5.75 Å². The molecule has 0 radical (unpaired) electrons. The largest absolute Gasteiger partial charge is 0.495 e. The summed E-state index contributed by atoms with van der Waals surface area (Å²) in [5.74, 6) is 0.684. The Hall–Kier alpha value is -1.59. The fourth-order valence-corrected chi connectivity index (χ4v) is 2.29. The molecule has 1 fully saturated rings. The number of benzene rings is 1. The van der Waals surface area contributed by atoms with Crippen LogP contribution in [0.4, 0.5) is 5.69 Å². The average Bonchev–Trinajstić information content (AvgIpc) is 2.83. The minimum absolute atomic E-state index is 0.00460. The molecular formula is C14H21N3O2. The molecule has 2 rings (SSSR count). The maximum Gasteiger partial charge on any atom is 0.225 e. The number of ether oxygens (including phenoxy) is 1. The number of hydrogen-bond donors (Lipinski definition) is 2. The van der Waals surface area contributed by atoms with E-state index in [2.05, 4.69) is 10.2 Å². The molecule has 1 aliphatic rings.